The minimum Gasteiger partial charge on any atom is -0.481 e. The molecule has 0 spiro atoms. The van der Waals surface area contributed by atoms with Crippen LogP contribution in [0.15, 0.2) is 5.38 Å². The van der Waals surface area contributed by atoms with Crippen molar-refractivity contribution >= 4 is 23.2 Å². The van der Waals surface area contributed by atoms with E-state index >= 15 is 0 Å². The molecule has 0 bridgehead atoms. The van der Waals surface area contributed by atoms with Gasteiger partial charge in [-0.25, -0.2) is 0 Å². The van der Waals surface area contributed by atoms with Gasteiger partial charge in [-0.3, -0.25) is 9.59 Å². The summed E-state index contributed by atoms with van der Waals surface area (Å²) in [6, 6.07) is 0.0293. The van der Waals surface area contributed by atoms with Gasteiger partial charge < -0.3 is 10.4 Å². The molecule has 1 unspecified atom stereocenters. The first-order valence-electron chi connectivity index (χ1n) is 7.17. The zero-order valence-corrected chi connectivity index (χ0v) is 12.3. The Balaban J connectivity index is 1.63. The lowest BCUT2D eigenvalue weighted by Gasteiger charge is -2.33. The van der Waals surface area contributed by atoms with Crippen LogP contribution in [-0.2, 0) is 17.6 Å². The van der Waals surface area contributed by atoms with Gasteiger partial charge in [0.2, 0.25) is 0 Å². The van der Waals surface area contributed by atoms with Gasteiger partial charge in [0, 0.05) is 16.3 Å². The van der Waals surface area contributed by atoms with Crippen LogP contribution in [0.1, 0.15) is 47.0 Å². The highest BCUT2D eigenvalue weighted by atomic mass is 32.1. The second kappa shape index (κ2) is 5.20. The summed E-state index contributed by atoms with van der Waals surface area (Å²) in [6.45, 7) is 2.25. The first-order chi connectivity index (χ1) is 9.54. The van der Waals surface area contributed by atoms with Crippen LogP contribution in [-0.4, -0.2) is 23.0 Å². The summed E-state index contributed by atoms with van der Waals surface area (Å²) >= 11 is 1.69. The van der Waals surface area contributed by atoms with Gasteiger partial charge in [0.25, 0.3) is 5.91 Å². The van der Waals surface area contributed by atoms with E-state index in [1.54, 1.807) is 11.3 Å². The van der Waals surface area contributed by atoms with Gasteiger partial charge in [-0.2, -0.15) is 0 Å². The molecule has 1 aromatic heterocycles. The SMILES string of the molecule is CC1CCc2c(C(=O)NC3CC(C(=O)O)C3)csc2C1. The molecule has 3 rings (SSSR count). The fraction of sp³-hybridized carbons (Fsp3) is 0.600. The molecule has 2 aliphatic carbocycles. The standard InChI is InChI=1S/C15H19NO3S/c1-8-2-3-11-12(7-20-13(11)4-8)14(17)16-10-5-9(6-10)15(18)19/h7-10H,2-6H2,1H3,(H,16,17)(H,18,19). The number of fused-ring (bicyclic) bond motifs is 1. The number of carboxylic acid groups (broad SMARTS) is 1. The number of rotatable bonds is 3. The van der Waals surface area contributed by atoms with Crippen LogP contribution in [0.2, 0.25) is 0 Å². The smallest absolute Gasteiger partial charge is 0.306 e. The number of nitrogens with one attached hydrogen (secondary N) is 1. The summed E-state index contributed by atoms with van der Waals surface area (Å²) in [7, 11) is 0. The molecule has 1 heterocycles. The minimum absolute atomic E-state index is 0.0223. The van der Waals surface area contributed by atoms with Crippen molar-refractivity contribution in [1.82, 2.24) is 5.32 Å². The molecular formula is C15H19NO3S. The van der Waals surface area contributed by atoms with E-state index in [2.05, 4.69) is 12.2 Å². The van der Waals surface area contributed by atoms with Gasteiger partial charge in [0.15, 0.2) is 0 Å². The molecule has 1 saturated carbocycles. The Hall–Kier alpha value is -1.36. The molecule has 20 heavy (non-hydrogen) atoms. The van der Waals surface area contributed by atoms with Crippen molar-refractivity contribution < 1.29 is 14.7 Å². The monoisotopic (exact) mass is 293 g/mol. The van der Waals surface area contributed by atoms with Gasteiger partial charge in [0.1, 0.15) is 0 Å². The molecule has 0 saturated heterocycles. The molecule has 1 atom stereocenters. The number of carbonyl (C=O) groups excluding carboxylic acids is 1. The van der Waals surface area contributed by atoms with Gasteiger partial charge in [0.05, 0.1) is 11.5 Å². The fourth-order valence-corrected chi connectivity index (χ4v) is 4.31. The van der Waals surface area contributed by atoms with Crippen LogP contribution >= 0.6 is 11.3 Å². The Bertz CT molecular complexity index is 545. The third-order valence-electron chi connectivity index (χ3n) is 4.47. The van der Waals surface area contributed by atoms with Gasteiger partial charge in [-0.1, -0.05) is 6.92 Å². The van der Waals surface area contributed by atoms with E-state index in [9.17, 15) is 9.59 Å². The van der Waals surface area contributed by atoms with Crippen LogP contribution in [0.3, 0.4) is 0 Å². The zero-order valence-electron chi connectivity index (χ0n) is 11.5. The Labute approximate surface area is 122 Å². The number of carbonyl (C=O) groups is 2. The first-order valence-corrected chi connectivity index (χ1v) is 8.05. The molecule has 0 aliphatic heterocycles. The number of hydrogen-bond donors (Lipinski definition) is 2. The second-order valence-corrected chi connectivity index (χ2v) is 7.04. The normalized spacial score (nSPS) is 28.4. The van der Waals surface area contributed by atoms with Crippen LogP contribution in [0.25, 0.3) is 0 Å². The quantitative estimate of drug-likeness (QED) is 0.899. The minimum atomic E-state index is -0.752. The maximum Gasteiger partial charge on any atom is 0.306 e. The highest BCUT2D eigenvalue weighted by Gasteiger charge is 2.36. The fourth-order valence-electron chi connectivity index (χ4n) is 3.07. The average Bonchev–Trinajstić information content (AvgIpc) is 2.75. The maximum absolute atomic E-state index is 12.3. The summed E-state index contributed by atoms with van der Waals surface area (Å²) < 4.78 is 0. The van der Waals surface area contributed by atoms with Crippen molar-refractivity contribution in [1.29, 1.82) is 0 Å². The van der Waals surface area contributed by atoms with Gasteiger partial charge >= 0.3 is 5.97 Å². The second-order valence-electron chi connectivity index (χ2n) is 6.08. The Kier molecular flexibility index (Phi) is 3.54. The molecule has 4 nitrogen and oxygen atoms in total. The van der Waals surface area contributed by atoms with Crippen molar-refractivity contribution in [3.8, 4) is 0 Å². The van der Waals surface area contributed by atoms with Crippen LogP contribution in [0, 0.1) is 11.8 Å². The molecule has 5 heteroatoms. The summed E-state index contributed by atoms with van der Waals surface area (Å²) in [4.78, 5) is 24.4. The van der Waals surface area contributed by atoms with Gasteiger partial charge in [-0.15, -0.1) is 11.3 Å². The third-order valence-corrected chi connectivity index (χ3v) is 5.52. The van der Waals surface area contributed by atoms with E-state index in [1.807, 2.05) is 5.38 Å². The van der Waals surface area contributed by atoms with E-state index in [0.29, 0.717) is 18.8 Å². The van der Waals surface area contributed by atoms with Crippen LogP contribution in [0.4, 0.5) is 0 Å². The topological polar surface area (TPSA) is 66.4 Å². The van der Waals surface area contributed by atoms with Crippen molar-refractivity contribution in [3.05, 3.63) is 21.4 Å². The Morgan fingerprint density at radius 3 is 2.85 bits per heavy atom. The third kappa shape index (κ3) is 2.46. The number of aliphatic carboxylic acids is 1. The molecule has 1 fully saturated rings. The predicted octanol–water partition coefficient (Wildman–Crippen LogP) is 2.47. The average molecular weight is 293 g/mol. The lowest BCUT2D eigenvalue weighted by molar-refractivity contribution is -0.145. The van der Waals surface area contributed by atoms with Crippen molar-refractivity contribution in [2.45, 2.75) is 45.1 Å². The Morgan fingerprint density at radius 1 is 1.40 bits per heavy atom. The van der Waals surface area contributed by atoms with E-state index in [4.69, 9.17) is 5.11 Å². The van der Waals surface area contributed by atoms with E-state index in [-0.39, 0.29) is 17.9 Å². The summed E-state index contributed by atoms with van der Waals surface area (Å²) in [5, 5.41) is 13.8. The molecule has 1 aromatic rings. The lowest BCUT2D eigenvalue weighted by Crippen LogP contribution is -2.46. The molecule has 0 radical (unpaired) electrons. The molecule has 0 aromatic carbocycles. The van der Waals surface area contributed by atoms with Crippen LogP contribution in [0.5, 0.6) is 0 Å². The summed E-state index contributed by atoms with van der Waals surface area (Å²) in [6.07, 6.45) is 4.34. The van der Waals surface area contributed by atoms with E-state index in [1.165, 1.54) is 10.4 Å². The van der Waals surface area contributed by atoms with Crippen LogP contribution < -0.4 is 5.32 Å². The molecule has 2 aliphatic rings. The lowest BCUT2D eigenvalue weighted by atomic mass is 9.80. The van der Waals surface area contributed by atoms with Crippen molar-refractivity contribution in [2.24, 2.45) is 11.8 Å². The summed E-state index contributed by atoms with van der Waals surface area (Å²) in [5.74, 6) is -0.346. The zero-order chi connectivity index (χ0) is 14.3. The predicted molar refractivity (Wildman–Crippen MR) is 77.1 cm³/mol. The van der Waals surface area contributed by atoms with Crippen molar-refractivity contribution in [3.63, 3.8) is 0 Å². The highest BCUT2D eigenvalue weighted by molar-refractivity contribution is 7.10. The van der Waals surface area contributed by atoms with Gasteiger partial charge in [-0.05, 0) is 43.6 Å². The number of amides is 1. The molecular weight excluding hydrogens is 274 g/mol. The number of hydrogen-bond acceptors (Lipinski definition) is 3. The first kappa shape index (κ1) is 13.6. The maximum atomic E-state index is 12.3. The molecule has 1 amide bonds. The highest BCUT2D eigenvalue weighted by Crippen LogP contribution is 2.33. The van der Waals surface area contributed by atoms with E-state index < -0.39 is 5.97 Å². The molecule has 108 valence electrons. The largest absolute Gasteiger partial charge is 0.481 e. The number of carboxylic acids is 1. The van der Waals surface area contributed by atoms with E-state index in [0.717, 1.165) is 24.8 Å². The number of thiophene rings is 1. The summed E-state index contributed by atoms with van der Waals surface area (Å²) in [5.41, 5.74) is 2.04. The Morgan fingerprint density at radius 2 is 2.15 bits per heavy atom. The van der Waals surface area contributed by atoms with Crippen molar-refractivity contribution in [2.75, 3.05) is 0 Å². The molecule has 2 N–H and O–H groups in total.